The Kier molecular flexibility index (Phi) is 6.12. The molecule has 1 aromatic rings. The molecule has 0 aliphatic heterocycles. The summed E-state index contributed by atoms with van der Waals surface area (Å²) in [5.74, 6) is 0.779. The molecule has 0 saturated carbocycles. The lowest BCUT2D eigenvalue weighted by atomic mass is 9.96. The molecule has 0 fully saturated rings. The Balaban J connectivity index is 2.41. The molecular weight excluding hydrogens is 198 g/mol. The maximum Gasteiger partial charge on any atom is 0.0796 e. The maximum atomic E-state index is 4.14. The van der Waals surface area contributed by atoms with E-state index in [4.69, 9.17) is 0 Å². The van der Waals surface area contributed by atoms with E-state index in [9.17, 15) is 0 Å². The Morgan fingerprint density at radius 2 is 1.81 bits per heavy atom. The molecule has 0 aliphatic carbocycles. The molecular formula is C13H25N3. The topological polar surface area (TPSA) is 30.7 Å². The van der Waals surface area contributed by atoms with E-state index < -0.39 is 0 Å². The first kappa shape index (κ1) is 13.2. The molecule has 92 valence electrons. The van der Waals surface area contributed by atoms with E-state index >= 15 is 0 Å². The van der Waals surface area contributed by atoms with Gasteiger partial charge in [-0.05, 0) is 25.7 Å². The quantitative estimate of drug-likeness (QED) is 0.674. The van der Waals surface area contributed by atoms with Gasteiger partial charge < -0.3 is 0 Å². The largest absolute Gasteiger partial charge is 0.252 e. The van der Waals surface area contributed by atoms with Crippen molar-refractivity contribution in [3.8, 4) is 0 Å². The van der Waals surface area contributed by atoms with E-state index in [2.05, 4.69) is 24.2 Å². The van der Waals surface area contributed by atoms with Gasteiger partial charge >= 0.3 is 0 Å². The highest BCUT2D eigenvalue weighted by Crippen LogP contribution is 2.18. The highest BCUT2D eigenvalue weighted by molar-refractivity contribution is 4.86. The second-order valence-corrected chi connectivity index (χ2v) is 4.73. The van der Waals surface area contributed by atoms with Gasteiger partial charge in [-0.3, -0.25) is 4.68 Å². The molecule has 0 unspecified atom stereocenters. The fourth-order valence-corrected chi connectivity index (χ4v) is 2.06. The first-order valence-electron chi connectivity index (χ1n) is 6.63. The molecule has 1 rings (SSSR count). The molecule has 1 aromatic heterocycles. The zero-order valence-corrected chi connectivity index (χ0v) is 10.9. The van der Waals surface area contributed by atoms with E-state index in [1.54, 1.807) is 0 Å². The van der Waals surface area contributed by atoms with Gasteiger partial charge in [0.05, 0.1) is 5.69 Å². The van der Waals surface area contributed by atoms with Crippen molar-refractivity contribution in [3.05, 3.63) is 11.9 Å². The van der Waals surface area contributed by atoms with Gasteiger partial charge in [-0.15, -0.1) is 5.10 Å². The van der Waals surface area contributed by atoms with Crippen LogP contribution in [-0.4, -0.2) is 15.0 Å². The highest BCUT2D eigenvalue weighted by Gasteiger charge is 2.09. The minimum Gasteiger partial charge on any atom is -0.252 e. The molecule has 3 nitrogen and oxygen atoms in total. The lowest BCUT2D eigenvalue weighted by Gasteiger charge is -2.15. The van der Waals surface area contributed by atoms with Crippen LogP contribution in [0.4, 0.5) is 0 Å². The molecule has 0 saturated heterocycles. The van der Waals surface area contributed by atoms with Crippen molar-refractivity contribution in [2.24, 2.45) is 5.92 Å². The van der Waals surface area contributed by atoms with Crippen molar-refractivity contribution in [1.29, 1.82) is 0 Å². The van der Waals surface area contributed by atoms with Crippen LogP contribution >= 0.6 is 0 Å². The van der Waals surface area contributed by atoms with Crippen LogP contribution in [-0.2, 0) is 6.54 Å². The van der Waals surface area contributed by atoms with Gasteiger partial charge in [-0.25, -0.2) is 0 Å². The summed E-state index contributed by atoms with van der Waals surface area (Å²) in [6, 6.07) is 0. The Labute approximate surface area is 99.2 Å². The predicted octanol–water partition coefficient (Wildman–Crippen LogP) is 3.58. The zero-order chi connectivity index (χ0) is 11.8. The van der Waals surface area contributed by atoms with Crippen molar-refractivity contribution in [1.82, 2.24) is 15.0 Å². The Hall–Kier alpha value is -0.860. The summed E-state index contributed by atoms with van der Waals surface area (Å²) in [7, 11) is 0. The normalized spacial score (nSPS) is 11.2. The van der Waals surface area contributed by atoms with Gasteiger partial charge in [0, 0.05) is 12.7 Å². The molecule has 0 N–H and O–H groups in total. The minimum absolute atomic E-state index is 0.779. The number of hydrogen-bond acceptors (Lipinski definition) is 2. The molecule has 0 aliphatic rings. The first-order valence-corrected chi connectivity index (χ1v) is 6.63. The van der Waals surface area contributed by atoms with Crippen molar-refractivity contribution in [2.45, 2.75) is 65.8 Å². The number of nitrogens with zero attached hydrogens (tertiary/aromatic N) is 3. The van der Waals surface area contributed by atoms with Crippen LogP contribution in [0, 0.1) is 12.8 Å². The van der Waals surface area contributed by atoms with E-state index in [1.807, 2.05) is 17.8 Å². The zero-order valence-electron chi connectivity index (χ0n) is 10.9. The summed E-state index contributed by atoms with van der Waals surface area (Å²) < 4.78 is 2.01. The molecule has 1 heterocycles. The van der Waals surface area contributed by atoms with Crippen LogP contribution in [0.15, 0.2) is 6.20 Å². The van der Waals surface area contributed by atoms with E-state index in [0.29, 0.717) is 0 Å². The van der Waals surface area contributed by atoms with Crippen molar-refractivity contribution >= 4 is 0 Å². The van der Waals surface area contributed by atoms with Gasteiger partial charge in [0.15, 0.2) is 0 Å². The number of aryl methyl sites for hydroxylation is 1. The predicted molar refractivity (Wildman–Crippen MR) is 67.3 cm³/mol. The third kappa shape index (κ3) is 4.77. The number of aromatic nitrogens is 3. The summed E-state index contributed by atoms with van der Waals surface area (Å²) in [6.07, 6.45) is 9.96. The fourth-order valence-electron chi connectivity index (χ4n) is 2.06. The number of rotatable bonds is 8. The van der Waals surface area contributed by atoms with Crippen LogP contribution in [0.2, 0.25) is 0 Å². The van der Waals surface area contributed by atoms with Crippen molar-refractivity contribution in [2.75, 3.05) is 0 Å². The van der Waals surface area contributed by atoms with Crippen LogP contribution in [0.3, 0.4) is 0 Å². The van der Waals surface area contributed by atoms with E-state index in [-0.39, 0.29) is 0 Å². The third-order valence-electron chi connectivity index (χ3n) is 3.03. The maximum absolute atomic E-state index is 4.14. The molecule has 0 spiro atoms. The standard InChI is InChI=1S/C13H25N3/c1-4-6-8-13(9-7-5-2)11-16-10-12(3)14-15-16/h10,13H,4-9,11H2,1-3H3. The summed E-state index contributed by atoms with van der Waals surface area (Å²) in [4.78, 5) is 0. The number of hydrogen-bond donors (Lipinski definition) is 0. The van der Waals surface area contributed by atoms with Crippen LogP contribution in [0.1, 0.15) is 58.1 Å². The first-order chi connectivity index (χ1) is 7.76. The van der Waals surface area contributed by atoms with Gasteiger partial charge in [-0.2, -0.15) is 0 Å². The lowest BCUT2D eigenvalue weighted by molar-refractivity contribution is 0.347. The second-order valence-electron chi connectivity index (χ2n) is 4.73. The monoisotopic (exact) mass is 223 g/mol. The smallest absolute Gasteiger partial charge is 0.0796 e. The summed E-state index contributed by atoms with van der Waals surface area (Å²) in [6.45, 7) is 7.56. The Bertz CT molecular complexity index is 272. The van der Waals surface area contributed by atoms with E-state index in [0.717, 1.165) is 18.2 Å². The molecule has 0 atom stereocenters. The summed E-state index contributed by atoms with van der Waals surface area (Å²) in [5, 5.41) is 8.18. The van der Waals surface area contributed by atoms with Gasteiger partial charge in [0.2, 0.25) is 0 Å². The molecule has 0 aromatic carbocycles. The fraction of sp³-hybridized carbons (Fsp3) is 0.846. The molecule has 16 heavy (non-hydrogen) atoms. The molecule has 0 radical (unpaired) electrons. The molecule has 0 amide bonds. The molecule has 0 bridgehead atoms. The Morgan fingerprint density at radius 3 is 2.25 bits per heavy atom. The Morgan fingerprint density at radius 1 is 1.19 bits per heavy atom. The van der Waals surface area contributed by atoms with E-state index in [1.165, 1.54) is 38.5 Å². The van der Waals surface area contributed by atoms with Gasteiger partial charge in [0.25, 0.3) is 0 Å². The van der Waals surface area contributed by atoms with Crippen molar-refractivity contribution in [3.63, 3.8) is 0 Å². The third-order valence-corrected chi connectivity index (χ3v) is 3.03. The minimum atomic E-state index is 0.779. The van der Waals surface area contributed by atoms with Crippen LogP contribution in [0.25, 0.3) is 0 Å². The highest BCUT2D eigenvalue weighted by atomic mass is 15.4. The summed E-state index contributed by atoms with van der Waals surface area (Å²) in [5.41, 5.74) is 1.02. The summed E-state index contributed by atoms with van der Waals surface area (Å²) >= 11 is 0. The average Bonchev–Trinajstić information content (AvgIpc) is 2.68. The number of unbranched alkanes of at least 4 members (excludes halogenated alkanes) is 2. The lowest BCUT2D eigenvalue weighted by Crippen LogP contribution is -2.11. The van der Waals surface area contributed by atoms with Crippen LogP contribution in [0.5, 0.6) is 0 Å². The van der Waals surface area contributed by atoms with Gasteiger partial charge in [-0.1, -0.05) is 44.7 Å². The van der Waals surface area contributed by atoms with Gasteiger partial charge in [0.1, 0.15) is 0 Å². The van der Waals surface area contributed by atoms with Crippen LogP contribution < -0.4 is 0 Å². The second kappa shape index (κ2) is 7.42. The SMILES string of the molecule is CCCCC(CCCC)Cn1cc(C)nn1. The van der Waals surface area contributed by atoms with Crippen molar-refractivity contribution < 1.29 is 0 Å². The average molecular weight is 223 g/mol. The molecule has 3 heteroatoms.